The van der Waals surface area contributed by atoms with Gasteiger partial charge < -0.3 is 20.6 Å². The number of allylic oxidation sites excluding steroid dienone is 2. The highest BCUT2D eigenvalue weighted by Crippen LogP contribution is 2.27. The van der Waals surface area contributed by atoms with Crippen molar-refractivity contribution in [3.05, 3.63) is 65.7 Å². The molecule has 2 amide bonds. The van der Waals surface area contributed by atoms with Crippen molar-refractivity contribution in [1.82, 2.24) is 5.43 Å². The molecule has 9 heteroatoms. The molecule has 0 unspecified atom stereocenters. The average molecular weight is 437 g/mol. The molecule has 2 atom stereocenters. The van der Waals surface area contributed by atoms with Gasteiger partial charge in [-0.05, 0) is 49.6 Å². The van der Waals surface area contributed by atoms with Crippen LogP contribution in [0.1, 0.15) is 35.7 Å². The van der Waals surface area contributed by atoms with E-state index in [1.165, 1.54) is 12.1 Å². The van der Waals surface area contributed by atoms with Crippen LogP contribution in [0.25, 0.3) is 0 Å². The van der Waals surface area contributed by atoms with Crippen molar-refractivity contribution in [2.24, 2.45) is 16.9 Å². The van der Waals surface area contributed by atoms with E-state index in [1.807, 2.05) is 6.08 Å². The molecule has 0 spiro atoms. The summed E-state index contributed by atoms with van der Waals surface area (Å²) in [7, 11) is 0. The third kappa shape index (κ3) is 5.51. The number of hydrogen-bond acceptors (Lipinski definition) is 6. The van der Waals surface area contributed by atoms with Gasteiger partial charge in [-0.3, -0.25) is 14.4 Å². The van der Waals surface area contributed by atoms with E-state index < -0.39 is 23.7 Å². The van der Waals surface area contributed by atoms with Crippen molar-refractivity contribution in [2.45, 2.75) is 19.8 Å². The van der Waals surface area contributed by atoms with Crippen LogP contribution >= 0.6 is 0 Å². The van der Waals surface area contributed by atoms with E-state index in [-0.39, 0.29) is 23.0 Å². The summed E-state index contributed by atoms with van der Waals surface area (Å²) in [5.74, 6) is -3.92. The zero-order valence-corrected chi connectivity index (χ0v) is 17.3. The number of hydrogen-bond donors (Lipinski definition) is 5. The molecule has 0 saturated carbocycles. The number of nitrogens with one attached hydrogen (secondary N) is 2. The van der Waals surface area contributed by atoms with Crippen LogP contribution in [0, 0.1) is 11.8 Å². The topological polar surface area (TPSA) is 148 Å². The van der Waals surface area contributed by atoms with E-state index >= 15 is 0 Å². The molecule has 2 aromatic rings. The van der Waals surface area contributed by atoms with Crippen molar-refractivity contribution >= 4 is 29.2 Å². The first-order valence-corrected chi connectivity index (χ1v) is 9.91. The number of phenols is 2. The number of phenolic OH excluding ortho intramolecular Hbond substituents is 2. The lowest BCUT2D eigenvalue weighted by Crippen LogP contribution is -2.34. The van der Waals surface area contributed by atoms with Crippen LogP contribution in [0.5, 0.6) is 11.5 Å². The first-order chi connectivity index (χ1) is 15.2. The van der Waals surface area contributed by atoms with Gasteiger partial charge in [0.15, 0.2) is 0 Å². The Balaban J connectivity index is 1.69. The minimum Gasteiger partial charge on any atom is -0.508 e. The molecular formula is C23H23N3O6. The fourth-order valence-corrected chi connectivity index (χ4v) is 3.42. The lowest BCUT2D eigenvalue weighted by molar-refractivity contribution is -0.146. The predicted octanol–water partition coefficient (Wildman–Crippen LogP) is 2.86. The summed E-state index contributed by atoms with van der Waals surface area (Å²) in [5, 5.41) is 35.1. The Morgan fingerprint density at radius 1 is 0.938 bits per heavy atom. The molecule has 0 radical (unpaired) electrons. The zero-order chi connectivity index (χ0) is 23.3. The molecule has 0 bridgehead atoms. The van der Waals surface area contributed by atoms with E-state index in [9.17, 15) is 29.7 Å². The number of aromatic hydroxyl groups is 2. The molecule has 0 heterocycles. The van der Waals surface area contributed by atoms with E-state index in [1.54, 1.807) is 37.3 Å². The average Bonchev–Trinajstić information content (AvgIpc) is 2.76. The molecule has 0 saturated heterocycles. The lowest BCUT2D eigenvalue weighted by atomic mass is 9.82. The van der Waals surface area contributed by atoms with Crippen molar-refractivity contribution in [1.29, 1.82) is 0 Å². The maximum absolute atomic E-state index is 12.7. The summed E-state index contributed by atoms with van der Waals surface area (Å²) in [4.78, 5) is 36.3. The number of carbonyl (C=O) groups is 3. The van der Waals surface area contributed by atoms with Gasteiger partial charge in [-0.1, -0.05) is 24.3 Å². The fraction of sp³-hybridized carbons (Fsp3) is 0.217. The summed E-state index contributed by atoms with van der Waals surface area (Å²) in [5.41, 5.74) is 3.93. The Morgan fingerprint density at radius 2 is 1.59 bits per heavy atom. The van der Waals surface area contributed by atoms with Crippen LogP contribution in [0.4, 0.5) is 5.69 Å². The Kier molecular flexibility index (Phi) is 6.89. The smallest absolute Gasteiger partial charge is 0.307 e. The quantitative estimate of drug-likeness (QED) is 0.267. The minimum atomic E-state index is -0.998. The molecule has 32 heavy (non-hydrogen) atoms. The largest absolute Gasteiger partial charge is 0.508 e. The van der Waals surface area contributed by atoms with E-state index in [0.717, 1.165) is 6.07 Å². The molecule has 0 aliphatic heterocycles. The van der Waals surface area contributed by atoms with Gasteiger partial charge in [0.1, 0.15) is 11.5 Å². The number of carboxylic acids is 1. The van der Waals surface area contributed by atoms with Crippen LogP contribution in [-0.2, 0) is 9.59 Å². The van der Waals surface area contributed by atoms with Crippen LogP contribution in [0.3, 0.4) is 0 Å². The highest BCUT2D eigenvalue weighted by molar-refractivity contribution is 6.02. The minimum absolute atomic E-state index is 0.0366. The van der Waals surface area contributed by atoms with Gasteiger partial charge in [-0.15, -0.1) is 0 Å². The molecule has 5 N–H and O–H groups in total. The summed E-state index contributed by atoms with van der Waals surface area (Å²) in [6.45, 7) is 1.66. The number of nitrogens with zero attached hydrogens (tertiary/aromatic N) is 1. The summed E-state index contributed by atoms with van der Waals surface area (Å²) in [6.07, 6.45) is 4.26. The van der Waals surface area contributed by atoms with Gasteiger partial charge in [-0.2, -0.15) is 5.10 Å². The van der Waals surface area contributed by atoms with Crippen molar-refractivity contribution in [3.63, 3.8) is 0 Å². The zero-order valence-electron chi connectivity index (χ0n) is 17.3. The predicted molar refractivity (Wildman–Crippen MR) is 118 cm³/mol. The van der Waals surface area contributed by atoms with E-state index in [4.69, 9.17) is 0 Å². The third-order valence-corrected chi connectivity index (χ3v) is 5.12. The molecular weight excluding hydrogens is 414 g/mol. The fourth-order valence-electron chi connectivity index (χ4n) is 3.42. The Bertz CT molecular complexity index is 1090. The maximum Gasteiger partial charge on any atom is 0.307 e. The second-order valence-corrected chi connectivity index (χ2v) is 7.44. The van der Waals surface area contributed by atoms with E-state index in [2.05, 4.69) is 15.8 Å². The standard InChI is InChI=1S/C23H23N3O6/c1-13(25-26-21(29)15-10-17(27)12-18(28)11-15)14-5-4-6-16(9-14)24-22(30)19-7-2-3-8-20(19)23(31)32/h2-6,9-12,19-20,27-28H,7-8H2,1H3,(H,24,30)(H,26,29)(H,31,32)/b25-13-/t19-,20-/m0/s1. The number of carboxylic acid groups (broad SMARTS) is 1. The molecule has 0 aromatic heterocycles. The second kappa shape index (κ2) is 9.78. The highest BCUT2D eigenvalue weighted by atomic mass is 16.4. The SMILES string of the molecule is C/C(=N/NC(=O)c1cc(O)cc(O)c1)c1cccc(NC(=O)[C@H]2CC=CC[C@@H]2C(=O)O)c1. The second-order valence-electron chi connectivity index (χ2n) is 7.44. The van der Waals surface area contributed by atoms with Gasteiger partial charge in [0.05, 0.1) is 17.5 Å². The van der Waals surface area contributed by atoms with E-state index in [0.29, 0.717) is 29.8 Å². The summed E-state index contributed by atoms with van der Waals surface area (Å²) < 4.78 is 0. The lowest BCUT2D eigenvalue weighted by Gasteiger charge is -2.24. The molecule has 166 valence electrons. The van der Waals surface area contributed by atoms with Crippen LogP contribution in [0.15, 0.2) is 59.7 Å². The maximum atomic E-state index is 12.7. The van der Waals surface area contributed by atoms with Crippen LogP contribution in [0.2, 0.25) is 0 Å². The number of benzene rings is 2. The monoisotopic (exact) mass is 437 g/mol. The molecule has 3 rings (SSSR count). The Morgan fingerprint density at radius 3 is 2.25 bits per heavy atom. The van der Waals surface area contributed by atoms with Crippen LogP contribution < -0.4 is 10.7 Å². The number of anilines is 1. The van der Waals surface area contributed by atoms with Gasteiger partial charge in [0, 0.05) is 17.3 Å². The highest BCUT2D eigenvalue weighted by Gasteiger charge is 2.33. The van der Waals surface area contributed by atoms with Gasteiger partial charge >= 0.3 is 5.97 Å². The molecule has 0 fully saturated rings. The first kappa shape index (κ1) is 22.5. The van der Waals surface area contributed by atoms with Crippen molar-refractivity contribution < 1.29 is 29.7 Å². The van der Waals surface area contributed by atoms with Crippen LogP contribution in [-0.4, -0.2) is 38.8 Å². The molecule has 1 aliphatic carbocycles. The van der Waals surface area contributed by atoms with Crippen molar-refractivity contribution in [2.75, 3.05) is 5.32 Å². The van der Waals surface area contributed by atoms with Crippen molar-refractivity contribution in [3.8, 4) is 11.5 Å². The normalized spacial score (nSPS) is 18.1. The molecule has 2 aromatic carbocycles. The molecule has 9 nitrogen and oxygen atoms in total. The molecule has 1 aliphatic rings. The summed E-state index contributed by atoms with van der Waals surface area (Å²) >= 11 is 0. The number of hydrazone groups is 1. The number of rotatable bonds is 6. The summed E-state index contributed by atoms with van der Waals surface area (Å²) in [6, 6.07) is 10.3. The first-order valence-electron chi connectivity index (χ1n) is 9.91. The van der Waals surface area contributed by atoms with Gasteiger partial charge in [-0.25, -0.2) is 5.43 Å². The van der Waals surface area contributed by atoms with Gasteiger partial charge in [0.25, 0.3) is 5.91 Å². The number of aliphatic carboxylic acids is 1. The Hall–Kier alpha value is -4.14. The Labute approximate surface area is 184 Å². The third-order valence-electron chi connectivity index (χ3n) is 5.12. The van der Waals surface area contributed by atoms with Gasteiger partial charge in [0.2, 0.25) is 5.91 Å². The number of amides is 2. The number of carbonyl (C=O) groups excluding carboxylic acids is 2.